The molecule has 0 saturated carbocycles. The molecule has 0 amide bonds. The average molecular weight is 263 g/mol. The number of aromatic amines is 1. The molecule has 2 aromatic rings. The number of aryl methyl sites for hydroxylation is 1. The highest BCUT2D eigenvalue weighted by Gasteiger charge is 2.22. The van der Waals surface area contributed by atoms with Gasteiger partial charge in [0.15, 0.2) is 5.69 Å². The molecule has 0 aliphatic carbocycles. The molecule has 2 rings (SSSR count). The van der Waals surface area contributed by atoms with Crippen LogP contribution in [0.25, 0.3) is 10.4 Å². The number of carbonyl (C=O) groups excluding carboxylic acids is 1. The third-order valence-corrected chi connectivity index (χ3v) is 3.41. The Bertz CT molecular complexity index is 702. The van der Waals surface area contributed by atoms with Crippen LogP contribution in [-0.2, 0) is 11.8 Å². The molecule has 6 nitrogen and oxygen atoms in total. The van der Waals surface area contributed by atoms with E-state index in [2.05, 4.69) is 9.84 Å². The molecule has 0 unspecified atom stereocenters. The summed E-state index contributed by atoms with van der Waals surface area (Å²) in [4.78, 5) is 24.6. The van der Waals surface area contributed by atoms with Crippen molar-refractivity contribution in [2.24, 2.45) is 7.05 Å². The molecule has 2 aromatic heterocycles. The molecule has 0 bridgehead atoms. The van der Waals surface area contributed by atoms with Crippen molar-refractivity contribution in [2.45, 2.75) is 0 Å². The predicted octanol–water partition coefficient (Wildman–Crippen LogP) is 1.10. The van der Waals surface area contributed by atoms with E-state index >= 15 is 0 Å². The first kappa shape index (κ1) is 12.1. The van der Waals surface area contributed by atoms with E-state index in [0.29, 0.717) is 9.75 Å². The minimum Gasteiger partial charge on any atom is -0.464 e. The fourth-order valence-corrected chi connectivity index (χ4v) is 2.41. The van der Waals surface area contributed by atoms with Crippen molar-refractivity contribution in [1.82, 2.24) is 9.78 Å². The Labute approximate surface area is 106 Å². The van der Waals surface area contributed by atoms with Gasteiger partial charge in [0, 0.05) is 11.9 Å². The lowest BCUT2D eigenvalue weighted by Crippen LogP contribution is -2.12. The zero-order valence-electron chi connectivity index (χ0n) is 9.68. The summed E-state index contributed by atoms with van der Waals surface area (Å²) in [5.74, 6) is -0.616. The molecule has 1 N–H and O–H groups in total. The predicted molar refractivity (Wildman–Crippen MR) is 65.4 cm³/mol. The highest BCUT2D eigenvalue weighted by molar-refractivity contribution is 7.16. The number of H-pyrrole nitrogens is 1. The van der Waals surface area contributed by atoms with Crippen LogP contribution in [0.4, 0.5) is 0 Å². The van der Waals surface area contributed by atoms with Gasteiger partial charge in [-0.15, -0.1) is 11.3 Å². The van der Waals surface area contributed by atoms with E-state index in [9.17, 15) is 9.59 Å². The second kappa shape index (κ2) is 4.50. The quantitative estimate of drug-likeness (QED) is 0.822. The van der Waals surface area contributed by atoms with E-state index in [-0.39, 0.29) is 16.8 Å². The molecule has 0 fully saturated rings. The van der Waals surface area contributed by atoms with Gasteiger partial charge in [-0.05, 0) is 12.1 Å². The second-order valence-corrected chi connectivity index (χ2v) is 4.58. The molecule has 0 aliphatic heterocycles. The van der Waals surface area contributed by atoms with Gasteiger partial charge in [0.25, 0.3) is 5.56 Å². The summed E-state index contributed by atoms with van der Waals surface area (Å²) >= 11 is 1.15. The Morgan fingerprint density at radius 2 is 2.28 bits per heavy atom. The lowest BCUT2D eigenvalue weighted by molar-refractivity contribution is 0.0594. The van der Waals surface area contributed by atoms with Crippen LogP contribution in [0.2, 0.25) is 0 Å². The third-order valence-electron chi connectivity index (χ3n) is 2.40. The van der Waals surface area contributed by atoms with Crippen LogP contribution in [0.5, 0.6) is 0 Å². The van der Waals surface area contributed by atoms with Crippen LogP contribution >= 0.6 is 11.3 Å². The molecule has 0 aliphatic rings. The third kappa shape index (κ3) is 1.83. The van der Waals surface area contributed by atoms with Gasteiger partial charge in [-0.2, -0.15) is 5.26 Å². The largest absolute Gasteiger partial charge is 0.464 e. The smallest absolute Gasteiger partial charge is 0.356 e. The van der Waals surface area contributed by atoms with Crippen LogP contribution < -0.4 is 5.56 Å². The normalized spacial score (nSPS) is 10.1. The zero-order chi connectivity index (χ0) is 13.3. The molecule has 0 atom stereocenters. The van der Waals surface area contributed by atoms with Crippen molar-refractivity contribution in [3.05, 3.63) is 33.1 Å². The number of methoxy groups -OCH3 is 1. The SMILES string of the molecule is COC(=O)c1[nH]n(C)c(=O)c1-c1ccc(C#N)s1. The summed E-state index contributed by atoms with van der Waals surface area (Å²) in [7, 11) is 2.75. The van der Waals surface area contributed by atoms with Crippen LogP contribution in [-0.4, -0.2) is 22.9 Å². The Morgan fingerprint density at radius 1 is 1.56 bits per heavy atom. The number of ether oxygens (including phenoxy) is 1. The Kier molecular flexibility index (Phi) is 3.04. The van der Waals surface area contributed by atoms with E-state index in [1.54, 1.807) is 12.1 Å². The molecule has 2 heterocycles. The zero-order valence-corrected chi connectivity index (χ0v) is 10.5. The Balaban J connectivity index is 2.66. The van der Waals surface area contributed by atoms with E-state index in [1.807, 2.05) is 6.07 Å². The summed E-state index contributed by atoms with van der Waals surface area (Å²) in [5.41, 5.74) is -0.00562. The van der Waals surface area contributed by atoms with Gasteiger partial charge in [0.05, 0.1) is 12.7 Å². The molecule has 18 heavy (non-hydrogen) atoms. The highest BCUT2D eigenvalue weighted by atomic mass is 32.1. The van der Waals surface area contributed by atoms with Gasteiger partial charge in [-0.3, -0.25) is 14.6 Å². The van der Waals surface area contributed by atoms with Crippen molar-refractivity contribution in [2.75, 3.05) is 7.11 Å². The van der Waals surface area contributed by atoms with Crippen molar-refractivity contribution in [1.29, 1.82) is 5.26 Å². The lowest BCUT2D eigenvalue weighted by Gasteiger charge is -1.97. The number of nitrogens with one attached hydrogen (secondary N) is 1. The Morgan fingerprint density at radius 3 is 2.83 bits per heavy atom. The first-order valence-corrected chi connectivity index (χ1v) is 5.77. The maximum atomic E-state index is 12.0. The summed E-state index contributed by atoms with van der Waals surface area (Å²) in [6.45, 7) is 0. The molecule has 0 radical (unpaired) electrons. The fraction of sp³-hybridized carbons (Fsp3) is 0.182. The molecule has 0 saturated heterocycles. The first-order chi connectivity index (χ1) is 8.58. The van der Waals surface area contributed by atoms with Gasteiger partial charge in [0.2, 0.25) is 0 Å². The van der Waals surface area contributed by atoms with E-state index in [4.69, 9.17) is 5.26 Å². The fourth-order valence-electron chi connectivity index (χ4n) is 1.56. The number of thiophene rings is 1. The highest BCUT2D eigenvalue weighted by Crippen LogP contribution is 2.27. The van der Waals surface area contributed by atoms with Crippen molar-refractivity contribution >= 4 is 17.3 Å². The number of carbonyl (C=O) groups is 1. The summed E-state index contributed by atoms with van der Waals surface area (Å²) in [6, 6.07) is 5.23. The molecule has 0 spiro atoms. The molecule has 92 valence electrons. The summed E-state index contributed by atoms with van der Waals surface area (Å²) < 4.78 is 5.82. The molecular formula is C11H9N3O3S. The van der Waals surface area contributed by atoms with Gasteiger partial charge in [0.1, 0.15) is 10.9 Å². The van der Waals surface area contributed by atoms with Crippen LogP contribution in [0.15, 0.2) is 16.9 Å². The first-order valence-electron chi connectivity index (χ1n) is 4.96. The second-order valence-electron chi connectivity index (χ2n) is 3.49. The van der Waals surface area contributed by atoms with E-state index in [0.717, 1.165) is 11.3 Å². The van der Waals surface area contributed by atoms with Gasteiger partial charge < -0.3 is 4.74 Å². The molecule has 0 aromatic carbocycles. The average Bonchev–Trinajstić information content (AvgIpc) is 2.94. The summed E-state index contributed by atoms with van der Waals surface area (Å²) in [5, 5.41) is 11.4. The van der Waals surface area contributed by atoms with Crippen molar-refractivity contribution in [3.63, 3.8) is 0 Å². The van der Waals surface area contributed by atoms with E-state index < -0.39 is 5.97 Å². The van der Waals surface area contributed by atoms with Gasteiger partial charge in [-0.1, -0.05) is 0 Å². The standard InChI is InChI=1S/C11H9N3O3S/c1-14-10(15)8(9(13-14)11(16)17-2)7-4-3-6(5-12)18-7/h3-4,13H,1-2H3. The molecule has 7 heteroatoms. The number of nitrogens with zero attached hydrogens (tertiary/aromatic N) is 2. The van der Waals surface area contributed by atoms with Crippen molar-refractivity contribution < 1.29 is 9.53 Å². The number of esters is 1. The van der Waals surface area contributed by atoms with Crippen LogP contribution in [0.1, 0.15) is 15.4 Å². The number of nitriles is 1. The minimum absolute atomic E-state index is 0.0938. The number of rotatable bonds is 2. The van der Waals surface area contributed by atoms with E-state index in [1.165, 1.54) is 18.8 Å². The number of aromatic nitrogens is 2. The Hall–Kier alpha value is -2.33. The van der Waals surface area contributed by atoms with Crippen LogP contribution in [0.3, 0.4) is 0 Å². The van der Waals surface area contributed by atoms with Crippen molar-refractivity contribution in [3.8, 4) is 16.5 Å². The number of hydrogen-bond donors (Lipinski definition) is 1. The topological polar surface area (TPSA) is 87.9 Å². The maximum absolute atomic E-state index is 12.0. The van der Waals surface area contributed by atoms with Gasteiger partial charge in [-0.25, -0.2) is 4.79 Å². The lowest BCUT2D eigenvalue weighted by atomic mass is 10.2. The summed E-state index contributed by atoms with van der Waals surface area (Å²) in [6.07, 6.45) is 0. The molecular weight excluding hydrogens is 254 g/mol. The minimum atomic E-state index is -0.616. The van der Waals surface area contributed by atoms with Gasteiger partial charge >= 0.3 is 5.97 Å². The monoisotopic (exact) mass is 263 g/mol. The maximum Gasteiger partial charge on any atom is 0.356 e. The van der Waals surface area contributed by atoms with Crippen LogP contribution in [0, 0.1) is 11.3 Å². The number of hydrogen-bond acceptors (Lipinski definition) is 5.